The minimum absolute atomic E-state index is 0.0439. The first kappa shape index (κ1) is 16.0. The van der Waals surface area contributed by atoms with Crippen LogP contribution in [-0.4, -0.2) is 25.5 Å². The molecule has 1 aliphatic carbocycles. The van der Waals surface area contributed by atoms with Gasteiger partial charge in [0.1, 0.15) is 0 Å². The Morgan fingerprint density at radius 2 is 2.05 bits per heavy atom. The standard InChI is InChI=1S/C16H23NO3S/c1-20-15(18)9-3-2-6-10-17-16(19)14-11-12-7-4-5-8-13(12)21-14/h11H,2-10H2,1H3,(H,17,19). The third-order valence-electron chi connectivity index (χ3n) is 3.79. The van der Waals surface area contributed by atoms with Gasteiger partial charge in [0.25, 0.3) is 5.91 Å². The number of fused-ring (bicyclic) bond motifs is 1. The van der Waals surface area contributed by atoms with E-state index in [1.807, 2.05) is 0 Å². The molecular formula is C16H23NO3S. The molecule has 0 aliphatic heterocycles. The zero-order valence-electron chi connectivity index (χ0n) is 12.6. The van der Waals surface area contributed by atoms with Crippen molar-refractivity contribution in [1.29, 1.82) is 0 Å². The van der Waals surface area contributed by atoms with Gasteiger partial charge in [0, 0.05) is 17.8 Å². The predicted molar refractivity (Wildman–Crippen MR) is 83.8 cm³/mol. The molecule has 5 heteroatoms. The fourth-order valence-electron chi connectivity index (χ4n) is 2.56. The van der Waals surface area contributed by atoms with Gasteiger partial charge in [-0.05, 0) is 50.2 Å². The second kappa shape index (κ2) is 8.17. The predicted octanol–water partition coefficient (Wildman–Crippen LogP) is 3.09. The first-order valence-electron chi connectivity index (χ1n) is 7.67. The van der Waals surface area contributed by atoms with Crippen LogP contribution in [0, 0.1) is 0 Å². The van der Waals surface area contributed by atoms with E-state index in [1.165, 1.54) is 30.4 Å². The molecule has 0 saturated heterocycles. The van der Waals surface area contributed by atoms with Crippen LogP contribution in [0.4, 0.5) is 0 Å². The number of nitrogens with one attached hydrogen (secondary N) is 1. The van der Waals surface area contributed by atoms with E-state index in [9.17, 15) is 9.59 Å². The van der Waals surface area contributed by atoms with Gasteiger partial charge in [-0.1, -0.05) is 6.42 Å². The van der Waals surface area contributed by atoms with Crippen molar-refractivity contribution in [1.82, 2.24) is 5.32 Å². The van der Waals surface area contributed by atoms with Crippen molar-refractivity contribution in [2.75, 3.05) is 13.7 Å². The van der Waals surface area contributed by atoms with Gasteiger partial charge in [0.15, 0.2) is 0 Å². The van der Waals surface area contributed by atoms with Crippen molar-refractivity contribution in [3.8, 4) is 0 Å². The van der Waals surface area contributed by atoms with Gasteiger partial charge in [0.05, 0.1) is 12.0 Å². The summed E-state index contributed by atoms with van der Waals surface area (Å²) < 4.78 is 4.59. The number of methoxy groups -OCH3 is 1. The molecule has 21 heavy (non-hydrogen) atoms. The summed E-state index contributed by atoms with van der Waals surface area (Å²) in [6, 6.07) is 2.06. The summed E-state index contributed by atoms with van der Waals surface area (Å²) in [7, 11) is 1.41. The van der Waals surface area contributed by atoms with E-state index in [4.69, 9.17) is 0 Å². The molecule has 1 N–H and O–H groups in total. The summed E-state index contributed by atoms with van der Waals surface area (Å²) in [6.07, 6.45) is 7.83. The quantitative estimate of drug-likeness (QED) is 0.622. The summed E-state index contributed by atoms with van der Waals surface area (Å²) in [6.45, 7) is 0.669. The summed E-state index contributed by atoms with van der Waals surface area (Å²) in [5.41, 5.74) is 1.37. The Morgan fingerprint density at radius 1 is 1.24 bits per heavy atom. The Kier molecular flexibility index (Phi) is 6.23. The number of carbonyl (C=O) groups excluding carboxylic acids is 2. The van der Waals surface area contributed by atoms with Crippen LogP contribution in [0.25, 0.3) is 0 Å². The number of amides is 1. The van der Waals surface area contributed by atoms with Crippen LogP contribution in [0.15, 0.2) is 6.07 Å². The van der Waals surface area contributed by atoms with Crippen LogP contribution in [0.3, 0.4) is 0 Å². The third-order valence-corrected chi connectivity index (χ3v) is 5.03. The van der Waals surface area contributed by atoms with Crippen molar-refractivity contribution in [2.24, 2.45) is 0 Å². The molecule has 1 aromatic heterocycles. The lowest BCUT2D eigenvalue weighted by Crippen LogP contribution is -2.23. The van der Waals surface area contributed by atoms with E-state index in [-0.39, 0.29) is 11.9 Å². The highest BCUT2D eigenvalue weighted by Gasteiger charge is 2.16. The number of thiophene rings is 1. The molecule has 0 fully saturated rings. The molecule has 1 aromatic rings. The van der Waals surface area contributed by atoms with Crippen LogP contribution in [0.1, 0.15) is 58.6 Å². The molecule has 1 heterocycles. The molecule has 0 aromatic carbocycles. The lowest BCUT2D eigenvalue weighted by molar-refractivity contribution is -0.140. The minimum Gasteiger partial charge on any atom is -0.469 e. The van der Waals surface area contributed by atoms with Crippen LogP contribution < -0.4 is 5.32 Å². The fraction of sp³-hybridized carbons (Fsp3) is 0.625. The molecule has 0 bridgehead atoms. The van der Waals surface area contributed by atoms with E-state index in [1.54, 1.807) is 11.3 Å². The van der Waals surface area contributed by atoms with Crippen molar-refractivity contribution < 1.29 is 14.3 Å². The second-order valence-electron chi connectivity index (χ2n) is 5.41. The van der Waals surface area contributed by atoms with E-state index < -0.39 is 0 Å². The van der Waals surface area contributed by atoms with Crippen LogP contribution in [0.5, 0.6) is 0 Å². The van der Waals surface area contributed by atoms with E-state index in [0.717, 1.165) is 37.0 Å². The normalized spacial score (nSPS) is 13.6. The first-order chi connectivity index (χ1) is 10.2. The highest BCUT2D eigenvalue weighted by Crippen LogP contribution is 2.29. The molecule has 0 saturated carbocycles. The number of ether oxygens (including phenoxy) is 1. The molecule has 0 radical (unpaired) electrons. The zero-order valence-corrected chi connectivity index (χ0v) is 13.4. The Balaban J connectivity index is 1.65. The van der Waals surface area contributed by atoms with Gasteiger partial charge in [-0.15, -0.1) is 11.3 Å². The molecule has 1 aliphatic rings. The zero-order chi connectivity index (χ0) is 15.1. The number of rotatable bonds is 7. The number of unbranched alkanes of at least 4 members (excludes halogenated alkanes) is 2. The van der Waals surface area contributed by atoms with E-state index >= 15 is 0 Å². The van der Waals surface area contributed by atoms with Crippen LogP contribution in [-0.2, 0) is 22.4 Å². The van der Waals surface area contributed by atoms with Crippen molar-refractivity contribution in [3.05, 3.63) is 21.4 Å². The average Bonchev–Trinajstić information content (AvgIpc) is 2.94. The Labute approximate surface area is 129 Å². The molecule has 0 atom stereocenters. The van der Waals surface area contributed by atoms with E-state index in [2.05, 4.69) is 16.1 Å². The summed E-state index contributed by atoms with van der Waals surface area (Å²) in [5.74, 6) is -0.120. The number of esters is 1. The van der Waals surface area contributed by atoms with Gasteiger partial charge in [-0.3, -0.25) is 9.59 Å². The topological polar surface area (TPSA) is 55.4 Å². The SMILES string of the molecule is COC(=O)CCCCCNC(=O)c1cc2c(s1)CCCC2. The molecule has 2 rings (SSSR count). The van der Waals surface area contributed by atoms with E-state index in [0.29, 0.717) is 13.0 Å². The number of aryl methyl sites for hydroxylation is 2. The summed E-state index contributed by atoms with van der Waals surface area (Å²) >= 11 is 1.65. The van der Waals surface area contributed by atoms with Gasteiger partial charge in [-0.2, -0.15) is 0 Å². The lowest BCUT2D eigenvalue weighted by atomic mass is 9.99. The van der Waals surface area contributed by atoms with Crippen molar-refractivity contribution >= 4 is 23.2 Å². The maximum Gasteiger partial charge on any atom is 0.305 e. The second-order valence-corrected chi connectivity index (χ2v) is 6.55. The van der Waals surface area contributed by atoms with Gasteiger partial charge in [0.2, 0.25) is 0 Å². The minimum atomic E-state index is -0.164. The summed E-state index contributed by atoms with van der Waals surface area (Å²) in [5, 5.41) is 2.97. The maximum atomic E-state index is 12.1. The maximum absolute atomic E-state index is 12.1. The van der Waals surface area contributed by atoms with Gasteiger partial charge in [-0.25, -0.2) is 0 Å². The molecule has 4 nitrogen and oxygen atoms in total. The Hall–Kier alpha value is -1.36. The first-order valence-corrected chi connectivity index (χ1v) is 8.49. The van der Waals surface area contributed by atoms with Crippen molar-refractivity contribution in [3.63, 3.8) is 0 Å². The molecule has 0 unspecified atom stereocenters. The highest BCUT2D eigenvalue weighted by molar-refractivity contribution is 7.14. The molecule has 116 valence electrons. The fourth-order valence-corrected chi connectivity index (χ4v) is 3.73. The lowest BCUT2D eigenvalue weighted by Gasteiger charge is -2.08. The molecule has 0 spiro atoms. The van der Waals surface area contributed by atoms with Crippen LogP contribution >= 0.6 is 11.3 Å². The van der Waals surface area contributed by atoms with Crippen LogP contribution in [0.2, 0.25) is 0 Å². The number of hydrogen-bond donors (Lipinski definition) is 1. The molecule has 1 amide bonds. The monoisotopic (exact) mass is 309 g/mol. The number of carbonyl (C=O) groups is 2. The summed E-state index contributed by atoms with van der Waals surface area (Å²) in [4.78, 5) is 25.3. The average molecular weight is 309 g/mol. The largest absolute Gasteiger partial charge is 0.469 e. The number of hydrogen-bond acceptors (Lipinski definition) is 4. The van der Waals surface area contributed by atoms with Gasteiger partial charge < -0.3 is 10.1 Å². The molecular weight excluding hydrogens is 286 g/mol. The third kappa shape index (κ3) is 4.84. The smallest absolute Gasteiger partial charge is 0.305 e. The highest BCUT2D eigenvalue weighted by atomic mass is 32.1. The Bertz CT molecular complexity index is 472. The van der Waals surface area contributed by atoms with Crippen molar-refractivity contribution in [2.45, 2.75) is 51.4 Å². The van der Waals surface area contributed by atoms with Gasteiger partial charge >= 0.3 is 5.97 Å². The Morgan fingerprint density at radius 3 is 2.81 bits per heavy atom.